The number of nitrogens with zero attached hydrogens (tertiary/aromatic N) is 6. The Kier molecular flexibility index (Phi) is 4.70. The number of H-pyrrole nitrogens is 1. The number of fused-ring (bicyclic) bond motifs is 1. The molecule has 0 fully saturated rings. The Morgan fingerprint density at radius 1 is 1.00 bits per heavy atom. The number of hydrogen-bond donors (Lipinski definition) is 1. The molecule has 0 saturated heterocycles. The van der Waals surface area contributed by atoms with Gasteiger partial charge in [0.15, 0.2) is 0 Å². The zero-order valence-corrected chi connectivity index (χ0v) is 17.6. The molecular weight excluding hydrogens is 404 g/mol. The number of nitrogens with two attached hydrogens (primary N) is 1. The standard InChI is InChI=1S/C23H20N8O/c1-14-11-17(12-15(2)26-14)19-20(16-7-4-3-5-8-16)27-22(24)31-21(19)29-30(23(31)32)13-18-9-6-10-25-28-18/h3-12H,13H2,1-2H3,(H2,24,27)/p+1. The second kappa shape index (κ2) is 7.69. The highest BCUT2D eigenvalue weighted by atomic mass is 16.2. The van der Waals surface area contributed by atoms with Crippen LogP contribution >= 0.6 is 0 Å². The number of nitrogen functional groups attached to an aromatic ring is 1. The van der Waals surface area contributed by atoms with E-state index in [1.54, 1.807) is 18.3 Å². The molecule has 0 amide bonds. The summed E-state index contributed by atoms with van der Waals surface area (Å²) in [6.07, 6.45) is 1.58. The smallest absolute Gasteiger partial charge is 0.290 e. The van der Waals surface area contributed by atoms with Gasteiger partial charge < -0.3 is 0 Å². The normalized spacial score (nSPS) is 11.2. The Morgan fingerprint density at radius 3 is 2.44 bits per heavy atom. The van der Waals surface area contributed by atoms with E-state index in [2.05, 4.69) is 25.3 Å². The third-order valence-electron chi connectivity index (χ3n) is 5.18. The minimum atomic E-state index is -0.359. The summed E-state index contributed by atoms with van der Waals surface area (Å²) in [7, 11) is 0. The number of pyridine rings is 1. The maximum absolute atomic E-state index is 13.2. The van der Waals surface area contributed by atoms with Gasteiger partial charge in [0.05, 0.1) is 17.8 Å². The van der Waals surface area contributed by atoms with Crippen LogP contribution in [-0.4, -0.2) is 29.4 Å². The maximum atomic E-state index is 13.2. The van der Waals surface area contributed by atoms with Gasteiger partial charge in [0.2, 0.25) is 5.65 Å². The number of aromatic amines is 1. The highest BCUT2D eigenvalue weighted by molar-refractivity contribution is 5.88. The topological polar surface area (TPSA) is 118 Å². The molecule has 158 valence electrons. The number of rotatable bonds is 4. The van der Waals surface area contributed by atoms with Crippen LogP contribution in [0.1, 0.15) is 17.1 Å². The SMILES string of the molecule is Cc1cc(-c2c(-c3ccccc3)[nH+]c(N)n3c(=O)n(Cc4cccnn4)nc23)cc(C)n1. The lowest BCUT2D eigenvalue weighted by Gasteiger charge is -2.10. The number of aromatic nitrogens is 7. The molecule has 0 unspecified atom stereocenters. The summed E-state index contributed by atoms with van der Waals surface area (Å²) in [5, 5.41) is 12.6. The lowest BCUT2D eigenvalue weighted by molar-refractivity contribution is -0.351. The van der Waals surface area contributed by atoms with Gasteiger partial charge in [-0.05, 0) is 43.7 Å². The monoisotopic (exact) mass is 425 g/mol. The quantitative estimate of drug-likeness (QED) is 0.471. The average Bonchev–Trinajstić information content (AvgIpc) is 3.10. The summed E-state index contributed by atoms with van der Waals surface area (Å²) < 4.78 is 2.74. The molecule has 5 rings (SSSR count). The lowest BCUT2D eigenvalue weighted by Crippen LogP contribution is -2.28. The largest absolute Gasteiger partial charge is 0.411 e. The second-order valence-corrected chi connectivity index (χ2v) is 7.58. The minimum Gasteiger partial charge on any atom is -0.290 e. The molecule has 4 heterocycles. The maximum Gasteiger partial charge on any atom is 0.411 e. The molecule has 0 bridgehead atoms. The van der Waals surface area contributed by atoms with Crippen LogP contribution in [0.3, 0.4) is 0 Å². The fourth-order valence-electron chi connectivity index (χ4n) is 3.89. The third kappa shape index (κ3) is 3.39. The van der Waals surface area contributed by atoms with Gasteiger partial charge in [-0.1, -0.05) is 30.3 Å². The van der Waals surface area contributed by atoms with E-state index >= 15 is 0 Å². The average molecular weight is 425 g/mol. The molecule has 3 N–H and O–H groups in total. The summed E-state index contributed by atoms with van der Waals surface area (Å²) in [5.41, 5.74) is 12.2. The minimum absolute atomic E-state index is 0.183. The molecule has 0 aliphatic carbocycles. The summed E-state index contributed by atoms with van der Waals surface area (Å²) in [6.45, 7) is 4.06. The van der Waals surface area contributed by atoms with Crippen LogP contribution in [0, 0.1) is 13.8 Å². The van der Waals surface area contributed by atoms with Crippen LogP contribution < -0.4 is 16.4 Å². The van der Waals surface area contributed by atoms with E-state index in [0.717, 1.165) is 33.8 Å². The van der Waals surface area contributed by atoms with Gasteiger partial charge >= 0.3 is 11.6 Å². The number of hydrogen-bond acceptors (Lipinski definition) is 6. The van der Waals surface area contributed by atoms with Crippen LogP contribution in [-0.2, 0) is 6.54 Å². The Balaban J connectivity index is 1.84. The molecule has 9 nitrogen and oxygen atoms in total. The van der Waals surface area contributed by atoms with Gasteiger partial charge in [-0.25, -0.2) is 9.78 Å². The van der Waals surface area contributed by atoms with Crippen LogP contribution in [0.25, 0.3) is 28.0 Å². The van der Waals surface area contributed by atoms with Gasteiger partial charge in [0.1, 0.15) is 5.69 Å². The number of anilines is 1. The molecule has 4 aromatic heterocycles. The van der Waals surface area contributed by atoms with Crippen molar-refractivity contribution in [3.05, 3.63) is 88.4 Å². The van der Waals surface area contributed by atoms with Crippen molar-refractivity contribution in [2.45, 2.75) is 20.4 Å². The number of benzene rings is 1. The Labute approximate surface area is 183 Å². The van der Waals surface area contributed by atoms with Gasteiger partial charge in [-0.3, -0.25) is 10.7 Å². The van der Waals surface area contributed by atoms with Crippen molar-refractivity contribution in [3.8, 4) is 22.4 Å². The first-order valence-electron chi connectivity index (χ1n) is 10.1. The van der Waals surface area contributed by atoms with Crippen molar-refractivity contribution in [1.29, 1.82) is 0 Å². The summed E-state index contributed by atoms with van der Waals surface area (Å²) >= 11 is 0. The van der Waals surface area contributed by atoms with Gasteiger partial charge in [-0.15, -0.1) is 9.50 Å². The molecule has 0 aliphatic rings. The van der Waals surface area contributed by atoms with Gasteiger partial charge in [0, 0.05) is 23.1 Å². The first-order valence-corrected chi connectivity index (χ1v) is 10.1. The van der Waals surface area contributed by atoms with Crippen molar-refractivity contribution in [1.82, 2.24) is 29.4 Å². The zero-order valence-electron chi connectivity index (χ0n) is 17.6. The fourth-order valence-corrected chi connectivity index (χ4v) is 3.89. The van der Waals surface area contributed by atoms with E-state index in [9.17, 15) is 4.79 Å². The molecule has 0 radical (unpaired) electrons. The van der Waals surface area contributed by atoms with Crippen LogP contribution in [0.5, 0.6) is 0 Å². The highest BCUT2D eigenvalue weighted by Crippen LogP contribution is 2.32. The van der Waals surface area contributed by atoms with Crippen molar-refractivity contribution < 1.29 is 4.98 Å². The van der Waals surface area contributed by atoms with Crippen molar-refractivity contribution >= 4 is 11.6 Å². The molecule has 5 aromatic rings. The van der Waals surface area contributed by atoms with Crippen molar-refractivity contribution in [3.63, 3.8) is 0 Å². The van der Waals surface area contributed by atoms with E-state index in [1.807, 2.05) is 56.3 Å². The molecular formula is C23H21N8O+. The molecule has 0 atom stereocenters. The van der Waals surface area contributed by atoms with Crippen LogP contribution in [0.15, 0.2) is 65.6 Å². The second-order valence-electron chi connectivity index (χ2n) is 7.58. The summed E-state index contributed by atoms with van der Waals surface area (Å²) in [5.74, 6) is 0.195. The summed E-state index contributed by atoms with van der Waals surface area (Å²) in [6, 6.07) is 17.4. The van der Waals surface area contributed by atoms with E-state index in [4.69, 9.17) is 5.73 Å². The van der Waals surface area contributed by atoms with Gasteiger partial charge in [0.25, 0.3) is 0 Å². The summed E-state index contributed by atoms with van der Waals surface area (Å²) in [4.78, 5) is 20.9. The van der Waals surface area contributed by atoms with E-state index in [-0.39, 0.29) is 18.2 Å². The van der Waals surface area contributed by atoms with Gasteiger partial charge in [-0.2, -0.15) is 14.9 Å². The van der Waals surface area contributed by atoms with E-state index in [0.29, 0.717) is 11.3 Å². The van der Waals surface area contributed by atoms with Crippen molar-refractivity contribution in [2.24, 2.45) is 0 Å². The highest BCUT2D eigenvalue weighted by Gasteiger charge is 2.26. The van der Waals surface area contributed by atoms with Crippen LogP contribution in [0.4, 0.5) is 5.95 Å². The first-order chi connectivity index (χ1) is 15.5. The fraction of sp³-hybridized carbons (Fsp3) is 0.130. The zero-order chi connectivity index (χ0) is 22.2. The van der Waals surface area contributed by atoms with Crippen LogP contribution in [0.2, 0.25) is 0 Å². The Morgan fingerprint density at radius 2 is 1.75 bits per heavy atom. The molecule has 1 aromatic carbocycles. The molecule has 9 heteroatoms. The molecule has 0 aliphatic heterocycles. The lowest BCUT2D eigenvalue weighted by atomic mass is 9.99. The third-order valence-corrected chi connectivity index (χ3v) is 5.18. The van der Waals surface area contributed by atoms with Crippen molar-refractivity contribution in [2.75, 3.05) is 5.73 Å². The molecule has 0 spiro atoms. The Hall–Kier alpha value is -4.40. The first kappa shape index (κ1) is 19.6. The predicted molar refractivity (Wildman–Crippen MR) is 120 cm³/mol. The predicted octanol–water partition coefficient (Wildman–Crippen LogP) is 2.08. The van der Waals surface area contributed by atoms with E-state index < -0.39 is 0 Å². The van der Waals surface area contributed by atoms with E-state index in [1.165, 1.54) is 9.08 Å². The Bertz CT molecular complexity index is 1470. The molecule has 0 saturated carbocycles. The molecule has 32 heavy (non-hydrogen) atoms. The number of aryl methyl sites for hydroxylation is 2. The number of nitrogens with one attached hydrogen (secondary N) is 1.